The fraction of sp³-hybridized carbons (Fsp3) is 0.467. The molecule has 0 radical (unpaired) electrons. The van der Waals surface area contributed by atoms with Crippen LogP contribution in [0.4, 0.5) is 18.0 Å². The number of hydrogen-bond donors (Lipinski definition) is 1. The van der Waals surface area contributed by atoms with Crippen molar-refractivity contribution in [1.29, 1.82) is 0 Å². The third-order valence-corrected chi connectivity index (χ3v) is 3.43. The molecule has 0 saturated heterocycles. The standard InChI is InChI=1S/C15H16ClF3N2O3/c1-13(2,3)24-12(22)21-14(23,15(17,18)19)8-11(20-21)9-4-6-10(16)7-5-9/h4-7,23H,8H2,1-3H3. The van der Waals surface area contributed by atoms with E-state index in [1.807, 2.05) is 0 Å². The summed E-state index contributed by atoms with van der Waals surface area (Å²) in [4.78, 5) is 12.1. The number of rotatable bonds is 1. The normalized spacial score (nSPS) is 21.7. The van der Waals surface area contributed by atoms with E-state index >= 15 is 0 Å². The van der Waals surface area contributed by atoms with Crippen molar-refractivity contribution in [2.75, 3.05) is 0 Å². The number of halogens is 4. The Hall–Kier alpha value is -1.80. The molecule has 1 heterocycles. The molecule has 0 saturated carbocycles. The molecule has 1 amide bonds. The summed E-state index contributed by atoms with van der Waals surface area (Å²) in [5.41, 5.74) is -4.29. The Morgan fingerprint density at radius 2 is 1.83 bits per heavy atom. The lowest BCUT2D eigenvalue weighted by Crippen LogP contribution is -2.57. The molecule has 1 aromatic carbocycles. The number of aliphatic hydroxyl groups is 1. The molecule has 1 N–H and O–H groups in total. The van der Waals surface area contributed by atoms with E-state index in [1.54, 1.807) is 0 Å². The van der Waals surface area contributed by atoms with Gasteiger partial charge >= 0.3 is 12.3 Å². The van der Waals surface area contributed by atoms with Gasteiger partial charge in [0.2, 0.25) is 0 Å². The average Bonchev–Trinajstić information content (AvgIpc) is 2.76. The third-order valence-electron chi connectivity index (χ3n) is 3.18. The molecule has 24 heavy (non-hydrogen) atoms. The highest BCUT2D eigenvalue weighted by Crippen LogP contribution is 2.42. The fourth-order valence-electron chi connectivity index (χ4n) is 2.07. The molecule has 0 bridgehead atoms. The van der Waals surface area contributed by atoms with Crippen molar-refractivity contribution < 1.29 is 27.8 Å². The number of benzene rings is 1. The van der Waals surface area contributed by atoms with Crippen molar-refractivity contribution in [1.82, 2.24) is 5.01 Å². The average molecular weight is 365 g/mol. The highest BCUT2D eigenvalue weighted by Gasteiger charge is 2.64. The van der Waals surface area contributed by atoms with Crippen LogP contribution < -0.4 is 0 Å². The molecule has 5 nitrogen and oxygen atoms in total. The lowest BCUT2D eigenvalue weighted by atomic mass is 10.0. The van der Waals surface area contributed by atoms with Crippen molar-refractivity contribution in [2.24, 2.45) is 5.10 Å². The summed E-state index contributed by atoms with van der Waals surface area (Å²) in [6.45, 7) is 4.49. The van der Waals surface area contributed by atoms with E-state index in [4.69, 9.17) is 16.3 Å². The highest BCUT2D eigenvalue weighted by molar-refractivity contribution is 6.30. The van der Waals surface area contributed by atoms with E-state index in [1.165, 1.54) is 45.0 Å². The number of alkyl halides is 3. The van der Waals surface area contributed by atoms with Crippen molar-refractivity contribution in [2.45, 2.75) is 44.7 Å². The monoisotopic (exact) mass is 364 g/mol. The maximum atomic E-state index is 13.3. The van der Waals surface area contributed by atoms with E-state index in [0.29, 0.717) is 10.6 Å². The maximum Gasteiger partial charge on any atom is 0.439 e. The number of carbonyl (C=O) groups excluding carboxylic acids is 1. The lowest BCUT2D eigenvalue weighted by Gasteiger charge is -2.33. The highest BCUT2D eigenvalue weighted by atomic mass is 35.5. The van der Waals surface area contributed by atoms with Crippen LogP contribution in [-0.2, 0) is 4.74 Å². The Morgan fingerprint density at radius 3 is 2.29 bits per heavy atom. The fourth-order valence-corrected chi connectivity index (χ4v) is 2.19. The van der Waals surface area contributed by atoms with Crippen LogP contribution in [0, 0.1) is 0 Å². The van der Waals surface area contributed by atoms with E-state index in [-0.39, 0.29) is 10.7 Å². The molecule has 2 rings (SSSR count). The first-order chi connectivity index (χ1) is 10.8. The van der Waals surface area contributed by atoms with Crippen LogP contribution in [0.3, 0.4) is 0 Å². The molecule has 1 unspecified atom stereocenters. The second-order valence-corrected chi connectivity index (χ2v) is 6.77. The van der Waals surface area contributed by atoms with Crippen LogP contribution in [0.5, 0.6) is 0 Å². The molecule has 132 valence electrons. The Morgan fingerprint density at radius 1 is 1.29 bits per heavy atom. The molecular weight excluding hydrogens is 349 g/mol. The molecular formula is C15H16ClF3N2O3. The van der Waals surface area contributed by atoms with Crippen LogP contribution in [0.25, 0.3) is 0 Å². The molecule has 0 fully saturated rings. The number of hydrazone groups is 1. The van der Waals surface area contributed by atoms with E-state index in [9.17, 15) is 23.1 Å². The van der Waals surface area contributed by atoms with Gasteiger partial charge in [-0.3, -0.25) is 0 Å². The first-order valence-electron chi connectivity index (χ1n) is 6.99. The smallest absolute Gasteiger partial charge is 0.439 e. The van der Waals surface area contributed by atoms with Gasteiger partial charge in [0.25, 0.3) is 5.72 Å². The first-order valence-corrected chi connectivity index (χ1v) is 7.37. The van der Waals surface area contributed by atoms with E-state index < -0.39 is 30.0 Å². The molecule has 1 aliphatic rings. The van der Waals surface area contributed by atoms with Crippen LogP contribution in [0.2, 0.25) is 5.02 Å². The van der Waals surface area contributed by atoms with E-state index in [2.05, 4.69) is 5.10 Å². The summed E-state index contributed by atoms with van der Waals surface area (Å²) in [7, 11) is 0. The van der Waals surface area contributed by atoms with Gasteiger partial charge in [-0.2, -0.15) is 23.3 Å². The van der Waals surface area contributed by atoms with Gasteiger partial charge in [-0.1, -0.05) is 23.7 Å². The Balaban J connectivity index is 2.41. The number of ether oxygens (including phenoxy) is 1. The van der Waals surface area contributed by atoms with Crippen LogP contribution in [-0.4, -0.2) is 39.4 Å². The van der Waals surface area contributed by atoms with Gasteiger partial charge in [0, 0.05) is 5.02 Å². The SMILES string of the molecule is CC(C)(C)OC(=O)N1N=C(c2ccc(Cl)cc2)CC1(O)C(F)(F)F. The molecule has 0 spiro atoms. The zero-order chi connectivity index (χ0) is 18.3. The Bertz CT molecular complexity index is 668. The summed E-state index contributed by atoms with van der Waals surface area (Å²) in [6, 6.07) is 5.86. The van der Waals surface area contributed by atoms with Gasteiger partial charge in [0.05, 0.1) is 12.1 Å². The molecule has 1 aromatic rings. The first kappa shape index (κ1) is 18.5. The topological polar surface area (TPSA) is 62.1 Å². The second-order valence-electron chi connectivity index (χ2n) is 6.34. The minimum Gasteiger partial charge on any atom is -0.442 e. The minimum absolute atomic E-state index is 0.0534. The zero-order valence-corrected chi connectivity index (χ0v) is 13.9. The van der Waals surface area contributed by atoms with Gasteiger partial charge in [0.15, 0.2) is 0 Å². The number of nitrogens with zero attached hydrogens (tertiary/aromatic N) is 2. The molecule has 0 aliphatic carbocycles. The van der Waals surface area contributed by atoms with Gasteiger partial charge in [0.1, 0.15) is 5.60 Å². The predicted molar refractivity (Wildman–Crippen MR) is 81.7 cm³/mol. The van der Waals surface area contributed by atoms with Gasteiger partial charge < -0.3 is 9.84 Å². The van der Waals surface area contributed by atoms with Crippen molar-refractivity contribution >= 4 is 23.4 Å². The molecule has 1 aliphatic heterocycles. The Kier molecular flexibility index (Phi) is 4.58. The van der Waals surface area contributed by atoms with Crippen molar-refractivity contribution in [3.8, 4) is 0 Å². The van der Waals surface area contributed by atoms with Crippen molar-refractivity contribution in [3.05, 3.63) is 34.9 Å². The van der Waals surface area contributed by atoms with Gasteiger partial charge in [-0.25, -0.2) is 4.79 Å². The summed E-state index contributed by atoms with van der Waals surface area (Å²) in [5, 5.41) is 14.1. The lowest BCUT2D eigenvalue weighted by molar-refractivity contribution is -0.300. The van der Waals surface area contributed by atoms with Crippen LogP contribution in [0.15, 0.2) is 29.4 Å². The number of hydrogen-bond acceptors (Lipinski definition) is 4. The molecule has 0 aromatic heterocycles. The number of amides is 1. The Labute approximate surface area is 141 Å². The predicted octanol–water partition coefficient (Wildman–Crippen LogP) is 3.94. The zero-order valence-electron chi connectivity index (χ0n) is 13.2. The maximum absolute atomic E-state index is 13.3. The summed E-state index contributed by atoms with van der Waals surface area (Å²) in [6.07, 6.45) is -7.40. The van der Waals surface area contributed by atoms with E-state index in [0.717, 1.165) is 0 Å². The summed E-state index contributed by atoms with van der Waals surface area (Å²) in [5.74, 6) is 0. The van der Waals surface area contributed by atoms with Gasteiger partial charge in [-0.15, -0.1) is 0 Å². The summed E-state index contributed by atoms with van der Waals surface area (Å²) < 4.78 is 45.0. The largest absolute Gasteiger partial charge is 0.442 e. The molecule has 1 atom stereocenters. The van der Waals surface area contributed by atoms with Crippen molar-refractivity contribution in [3.63, 3.8) is 0 Å². The number of carbonyl (C=O) groups is 1. The molecule has 9 heteroatoms. The minimum atomic E-state index is -5.11. The summed E-state index contributed by atoms with van der Waals surface area (Å²) >= 11 is 5.74. The second kappa shape index (κ2) is 5.93. The third kappa shape index (κ3) is 3.64. The quantitative estimate of drug-likeness (QED) is 0.821. The van der Waals surface area contributed by atoms with Crippen LogP contribution in [0.1, 0.15) is 32.8 Å². The van der Waals surface area contributed by atoms with Crippen LogP contribution >= 0.6 is 11.6 Å². The van der Waals surface area contributed by atoms with Gasteiger partial charge in [-0.05, 0) is 38.5 Å².